The zero-order valence-electron chi connectivity index (χ0n) is 19.1. The Balaban J connectivity index is 0.000000165. The largest absolute Gasteiger partial charge is 0.494 e. The Bertz CT molecular complexity index is 1450. The topological polar surface area (TPSA) is 75.0 Å². The van der Waals surface area contributed by atoms with Gasteiger partial charge in [-0.1, -0.05) is 35.9 Å². The number of halogens is 1. The van der Waals surface area contributed by atoms with E-state index in [-0.39, 0.29) is 0 Å². The number of methoxy groups -OCH3 is 2. The zero-order valence-corrected chi connectivity index (χ0v) is 19.9. The summed E-state index contributed by atoms with van der Waals surface area (Å²) in [5.74, 6) is 2.26. The van der Waals surface area contributed by atoms with Crippen molar-refractivity contribution >= 4 is 33.4 Å². The van der Waals surface area contributed by atoms with Crippen LogP contribution in [0.15, 0.2) is 54.9 Å². The number of benzene rings is 2. The highest BCUT2D eigenvalue weighted by Gasteiger charge is 2.11. The zero-order chi connectivity index (χ0) is 23.5. The summed E-state index contributed by atoms with van der Waals surface area (Å²) in [6.45, 7) is 5.74. The summed E-state index contributed by atoms with van der Waals surface area (Å²) in [6, 6.07) is 15.4. The summed E-state index contributed by atoms with van der Waals surface area (Å²) < 4.78 is 12.4. The number of aromatic nitrogens is 5. The second-order valence-electron chi connectivity index (χ2n) is 7.48. The van der Waals surface area contributed by atoms with Crippen LogP contribution in [0.1, 0.15) is 17.2 Å². The maximum atomic E-state index is 6.10. The fraction of sp³-hybridized carbons (Fsp3) is 0.200. The van der Waals surface area contributed by atoms with Crippen molar-refractivity contribution in [1.29, 1.82) is 0 Å². The van der Waals surface area contributed by atoms with Gasteiger partial charge in [-0.3, -0.25) is 0 Å². The molecule has 0 N–H and O–H groups in total. The lowest BCUT2D eigenvalue weighted by Gasteiger charge is -2.10. The maximum absolute atomic E-state index is 6.10. The molecule has 0 aliphatic carbocycles. The molecule has 0 aliphatic rings. The molecule has 0 unspecified atom stereocenters. The smallest absolute Gasteiger partial charge is 0.147 e. The Morgan fingerprint density at radius 2 is 1.36 bits per heavy atom. The van der Waals surface area contributed by atoms with Crippen molar-refractivity contribution in [2.24, 2.45) is 0 Å². The molecule has 168 valence electrons. The molecule has 2 aromatic carbocycles. The van der Waals surface area contributed by atoms with Gasteiger partial charge in [-0.2, -0.15) is 5.10 Å². The lowest BCUT2D eigenvalue weighted by molar-refractivity contribution is 0.418. The molecule has 3 aromatic heterocycles. The summed E-state index contributed by atoms with van der Waals surface area (Å²) in [7, 11) is 3.28. The number of nitrogens with zero attached hydrogens (tertiary/aromatic N) is 5. The molecule has 8 heteroatoms. The average molecular weight is 462 g/mol. The maximum Gasteiger partial charge on any atom is 0.147 e. The van der Waals surface area contributed by atoms with Crippen molar-refractivity contribution in [3.8, 4) is 17.2 Å². The van der Waals surface area contributed by atoms with Crippen molar-refractivity contribution in [2.45, 2.75) is 20.8 Å². The fourth-order valence-corrected chi connectivity index (χ4v) is 3.92. The van der Waals surface area contributed by atoms with Gasteiger partial charge < -0.3 is 9.47 Å². The molecule has 0 amide bonds. The SMILES string of the molecule is COc1cccc2c(-n3cnc(C)n3)cc(C)nc12.COc1cccc2c(Cl)cc(C)nc12. The van der Waals surface area contributed by atoms with E-state index in [4.69, 9.17) is 21.1 Å². The van der Waals surface area contributed by atoms with Crippen LogP contribution >= 0.6 is 11.6 Å². The number of fused-ring (bicyclic) bond motifs is 2. The monoisotopic (exact) mass is 461 g/mol. The highest BCUT2D eigenvalue weighted by atomic mass is 35.5. The predicted octanol–water partition coefficient (Wildman–Crippen LogP) is 5.65. The quantitative estimate of drug-likeness (QED) is 0.346. The molecule has 5 rings (SSSR count). The number of pyridine rings is 2. The normalized spacial score (nSPS) is 10.7. The molecular weight excluding hydrogens is 438 g/mol. The second kappa shape index (κ2) is 9.42. The van der Waals surface area contributed by atoms with Crippen LogP contribution in [-0.4, -0.2) is 39.0 Å². The van der Waals surface area contributed by atoms with Crippen molar-refractivity contribution in [3.05, 3.63) is 77.1 Å². The van der Waals surface area contributed by atoms with E-state index >= 15 is 0 Å². The van der Waals surface area contributed by atoms with E-state index in [0.29, 0.717) is 5.02 Å². The van der Waals surface area contributed by atoms with Crippen molar-refractivity contribution in [3.63, 3.8) is 0 Å². The van der Waals surface area contributed by atoms with Crippen LogP contribution in [0.4, 0.5) is 0 Å². The van der Waals surface area contributed by atoms with Crippen LogP contribution in [0.5, 0.6) is 11.5 Å². The molecule has 0 aliphatic heterocycles. The minimum atomic E-state index is 0.714. The molecular formula is C25H24ClN5O2. The first-order chi connectivity index (χ1) is 15.9. The minimum absolute atomic E-state index is 0.714. The lowest BCUT2D eigenvalue weighted by Crippen LogP contribution is -2.00. The predicted molar refractivity (Wildman–Crippen MR) is 131 cm³/mol. The van der Waals surface area contributed by atoms with Gasteiger partial charge in [0.15, 0.2) is 0 Å². The summed E-state index contributed by atoms with van der Waals surface area (Å²) in [5, 5.41) is 7.00. The van der Waals surface area contributed by atoms with Crippen LogP contribution in [-0.2, 0) is 0 Å². The molecule has 0 saturated heterocycles. The molecule has 5 aromatic rings. The van der Waals surface area contributed by atoms with Gasteiger partial charge in [0.2, 0.25) is 0 Å². The number of ether oxygens (including phenoxy) is 2. The van der Waals surface area contributed by atoms with Crippen LogP contribution in [0.3, 0.4) is 0 Å². The van der Waals surface area contributed by atoms with Gasteiger partial charge in [-0.25, -0.2) is 19.6 Å². The third-order valence-electron chi connectivity index (χ3n) is 5.08. The highest BCUT2D eigenvalue weighted by molar-refractivity contribution is 6.35. The van der Waals surface area contributed by atoms with E-state index in [0.717, 1.165) is 56.2 Å². The number of aryl methyl sites for hydroxylation is 3. The van der Waals surface area contributed by atoms with Crippen molar-refractivity contribution in [2.75, 3.05) is 14.2 Å². The molecule has 0 fully saturated rings. The van der Waals surface area contributed by atoms with Gasteiger partial charge in [0.1, 0.15) is 34.7 Å². The van der Waals surface area contributed by atoms with Crippen LogP contribution in [0.2, 0.25) is 5.02 Å². The van der Waals surface area contributed by atoms with Crippen LogP contribution < -0.4 is 9.47 Å². The van der Waals surface area contributed by atoms with Gasteiger partial charge in [-0.05, 0) is 45.0 Å². The number of hydrogen-bond acceptors (Lipinski definition) is 6. The Kier molecular flexibility index (Phi) is 6.42. The van der Waals surface area contributed by atoms with Crippen LogP contribution in [0.25, 0.3) is 27.5 Å². The molecule has 0 bridgehead atoms. The van der Waals surface area contributed by atoms with Crippen LogP contribution in [0, 0.1) is 20.8 Å². The molecule has 0 atom stereocenters. The van der Waals surface area contributed by atoms with E-state index in [9.17, 15) is 0 Å². The van der Waals surface area contributed by atoms with E-state index in [2.05, 4.69) is 20.1 Å². The number of hydrogen-bond donors (Lipinski definition) is 0. The van der Waals surface area contributed by atoms with Crippen molar-refractivity contribution < 1.29 is 9.47 Å². The van der Waals surface area contributed by atoms with Gasteiger partial charge >= 0.3 is 0 Å². The molecule has 0 radical (unpaired) electrons. The molecule has 0 spiro atoms. The molecule has 3 heterocycles. The standard InChI is InChI=1S/C14H14N4O.C11H10ClNO/c1-9-7-12(18-8-15-10(2)17-18)11-5-4-6-13(19-3)14(11)16-9;1-7-6-9(12)8-4-3-5-10(14-2)11(8)13-7/h4-8H,1-3H3;3-6H,1-2H3. The third kappa shape index (κ3) is 4.59. The Morgan fingerprint density at radius 1 is 0.788 bits per heavy atom. The summed E-state index contributed by atoms with van der Waals surface area (Å²) in [5.41, 5.74) is 4.43. The van der Waals surface area contributed by atoms with E-state index in [1.807, 2.05) is 69.3 Å². The lowest BCUT2D eigenvalue weighted by atomic mass is 10.1. The first-order valence-electron chi connectivity index (χ1n) is 10.3. The Labute approximate surface area is 197 Å². The molecule has 7 nitrogen and oxygen atoms in total. The van der Waals surface area contributed by atoms with Gasteiger partial charge in [0.05, 0.1) is 24.9 Å². The van der Waals surface area contributed by atoms with Gasteiger partial charge in [-0.15, -0.1) is 0 Å². The van der Waals surface area contributed by atoms with E-state index in [1.54, 1.807) is 25.2 Å². The Hall–Kier alpha value is -3.71. The van der Waals surface area contributed by atoms with E-state index in [1.165, 1.54) is 0 Å². The first kappa shape index (κ1) is 22.5. The van der Waals surface area contributed by atoms with Gasteiger partial charge in [0.25, 0.3) is 0 Å². The second-order valence-corrected chi connectivity index (χ2v) is 7.88. The van der Waals surface area contributed by atoms with E-state index < -0.39 is 0 Å². The first-order valence-corrected chi connectivity index (χ1v) is 10.7. The highest BCUT2D eigenvalue weighted by Crippen LogP contribution is 2.30. The number of para-hydroxylation sites is 2. The molecule has 33 heavy (non-hydrogen) atoms. The molecule has 0 saturated carbocycles. The minimum Gasteiger partial charge on any atom is -0.494 e. The Morgan fingerprint density at radius 3 is 1.94 bits per heavy atom. The summed E-state index contributed by atoms with van der Waals surface area (Å²) in [6.07, 6.45) is 1.71. The average Bonchev–Trinajstić information content (AvgIpc) is 3.24. The van der Waals surface area contributed by atoms with Gasteiger partial charge in [0, 0.05) is 22.2 Å². The number of rotatable bonds is 3. The summed E-state index contributed by atoms with van der Waals surface area (Å²) in [4.78, 5) is 13.1. The fourth-order valence-electron chi connectivity index (χ4n) is 3.61. The third-order valence-corrected chi connectivity index (χ3v) is 5.39. The van der Waals surface area contributed by atoms with Crippen molar-refractivity contribution in [1.82, 2.24) is 24.7 Å². The summed E-state index contributed by atoms with van der Waals surface area (Å²) >= 11 is 6.10.